The van der Waals surface area contributed by atoms with Crippen molar-refractivity contribution in [2.45, 2.75) is 51.9 Å². The molecule has 1 aliphatic heterocycles. The number of nitrogens with one attached hydrogen (secondary N) is 2. The van der Waals surface area contributed by atoms with Crippen LogP contribution in [-0.4, -0.2) is 55.6 Å². The number of aromatic amines is 1. The van der Waals surface area contributed by atoms with Gasteiger partial charge in [0.15, 0.2) is 0 Å². The van der Waals surface area contributed by atoms with E-state index in [0.29, 0.717) is 40.7 Å². The molecule has 2 aromatic heterocycles. The quantitative estimate of drug-likeness (QED) is 0.523. The lowest BCUT2D eigenvalue weighted by molar-refractivity contribution is -0.130. The van der Waals surface area contributed by atoms with Crippen molar-refractivity contribution in [3.63, 3.8) is 0 Å². The molecule has 0 spiro atoms. The molecule has 2 amide bonds. The first-order chi connectivity index (χ1) is 16.7. The minimum Gasteiger partial charge on any atom is -0.344 e. The van der Waals surface area contributed by atoms with Crippen LogP contribution in [-0.2, 0) is 30.1 Å². The topological polar surface area (TPSA) is 95.9 Å². The van der Waals surface area contributed by atoms with Crippen LogP contribution >= 0.6 is 11.6 Å². The van der Waals surface area contributed by atoms with Crippen LogP contribution in [0.2, 0.25) is 5.02 Å². The SMILES string of the molecule is [2H]C([2H])(Cc1[nH]nc2cc(Cl)c(C(C)(C)C)cc12)c1nc(C)c(C(=O)NC2CN(C(=O)C=C)C2)n1C. The first-order valence-corrected chi connectivity index (χ1v) is 11.5. The second kappa shape index (κ2) is 8.91. The Morgan fingerprint density at radius 3 is 2.74 bits per heavy atom. The normalized spacial score (nSPS) is 15.6. The van der Waals surface area contributed by atoms with Crippen molar-refractivity contribution in [1.29, 1.82) is 0 Å². The number of fused-ring (bicyclic) bond motifs is 1. The van der Waals surface area contributed by atoms with Gasteiger partial charge in [-0.15, -0.1) is 0 Å². The number of carbonyl (C=O) groups is 2. The molecule has 2 N–H and O–H groups in total. The van der Waals surface area contributed by atoms with Gasteiger partial charge < -0.3 is 14.8 Å². The number of hydrogen-bond acceptors (Lipinski definition) is 4. The fraction of sp³-hybridized carbons (Fsp3) is 0.440. The van der Waals surface area contributed by atoms with Gasteiger partial charge in [0.2, 0.25) is 5.91 Å². The molecule has 180 valence electrons. The molecule has 0 atom stereocenters. The lowest BCUT2D eigenvalue weighted by Gasteiger charge is -2.38. The smallest absolute Gasteiger partial charge is 0.270 e. The number of likely N-dealkylation sites (tertiary alicyclic amines) is 1. The zero-order chi connectivity index (χ0) is 26.6. The summed E-state index contributed by atoms with van der Waals surface area (Å²) in [6.45, 7) is 12.2. The number of hydrogen-bond donors (Lipinski definition) is 2. The Hall–Kier alpha value is -3.13. The Bertz CT molecular complexity index is 1370. The Labute approximate surface area is 207 Å². The van der Waals surface area contributed by atoms with Crippen LogP contribution in [0, 0.1) is 6.92 Å². The van der Waals surface area contributed by atoms with Gasteiger partial charge in [-0.25, -0.2) is 4.98 Å². The van der Waals surface area contributed by atoms with Gasteiger partial charge in [0.1, 0.15) is 11.5 Å². The number of aryl methyl sites for hydroxylation is 3. The van der Waals surface area contributed by atoms with Crippen LogP contribution in [0.25, 0.3) is 10.9 Å². The van der Waals surface area contributed by atoms with Gasteiger partial charge in [-0.3, -0.25) is 14.7 Å². The molecule has 1 fully saturated rings. The highest BCUT2D eigenvalue weighted by Crippen LogP contribution is 2.33. The number of amides is 2. The minimum atomic E-state index is -1.89. The molecule has 9 heteroatoms. The maximum atomic E-state index is 13.0. The number of imidazole rings is 1. The van der Waals surface area contributed by atoms with E-state index in [1.54, 1.807) is 24.9 Å². The number of aromatic nitrogens is 4. The summed E-state index contributed by atoms with van der Waals surface area (Å²) in [6.07, 6.45) is -0.650. The molecule has 1 aromatic carbocycles. The maximum Gasteiger partial charge on any atom is 0.270 e. The van der Waals surface area contributed by atoms with Crippen LogP contribution in [0.4, 0.5) is 0 Å². The highest BCUT2D eigenvalue weighted by molar-refractivity contribution is 6.32. The summed E-state index contributed by atoms with van der Waals surface area (Å²) in [7, 11) is 1.64. The van der Waals surface area contributed by atoms with Gasteiger partial charge >= 0.3 is 0 Å². The molecule has 0 radical (unpaired) electrons. The summed E-state index contributed by atoms with van der Waals surface area (Å²) in [5, 5.41) is 11.6. The molecule has 34 heavy (non-hydrogen) atoms. The predicted molar refractivity (Wildman–Crippen MR) is 133 cm³/mol. The van der Waals surface area contributed by atoms with Crippen LogP contribution in [0.1, 0.15) is 56.8 Å². The summed E-state index contributed by atoms with van der Waals surface area (Å²) in [4.78, 5) is 30.6. The zero-order valence-electron chi connectivity index (χ0n) is 22.1. The molecular formula is C25H31ClN6O2. The summed E-state index contributed by atoms with van der Waals surface area (Å²) < 4.78 is 19.2. The maximum absolute atomic E-state index is 13.0. The zero-order valence-corrected chi connectivity index (χ0v) is 20.9. The molecule has 0 aliphatic carbocycles. The second-order valence-corrected chi connectivity index (χ2v) is 10.1. The lowest BCUT2D eigenvalue weighted by Crippen LogP contribution is -2.60. The van der Waals surface area contributed by atoms with E-state index < -0.39 is 6.37 Å². The van der Waals surface area contributed by atoms with Crippen LogP contribution in [0.5, 0.6) is 0 Å². The van der Waals surface area contributed by atoms with Crippen molar-refractivity contribution >= 4 is 34.3 Å². The number of H-pyrrole nitrogens is 1. The first kappa shape index (κ1) is 21.4. The van der Waals surface area contributed by atoms with Crippen LogP contribution < -0.4 is 5.32 Å². The van der Waals surface area contributed by atoms with E-state index in [2.05, 4.69) is 47.8 Å². The molecule has 8 nitrogen and oxygen atoms in total. The molecule has 3 aromatic rings. The molecular weight excluding hydrogens is 452 g/mol. The van der Waals surface area contributed by atoms with Crippen molar-refractivity contribution in [1.82, 2.24) is 30.0 Å². The molecule has 0 saturated carbocycles. The first-order valence-electron chi connectivity index (χ1n) is 12.2. The molecule has 1 aliphatic rings. The highest BCUT2D eigenvalue weighted by Gasteiger charge is 2.32. The van der Waals surface area contributed by atoms with Gasteiger partial charge in [0.05, 0.1) is 17.3 Å². The number of nitrogens with zero attached hydrogens (tertiary/aromatic N) is 4. The van der Waals surface area contributed by atoms with Gasteiger partial charge in [0, 0.05) is 45.4 Å². The van der Waals surface area contributed by atoms with Gasteiger partial charge in [-0.1, -0.05) is 39.0 Å². The van der Waals surface area contributed by atoms with Crippen molar-refractivity contribution in [2.24, 2.45) is 7.05 Å². The monoisotopic (exact) mass is 484 g/mol. The number of carbonyl (C=O) groups excluding carboxylic acids is 2. The van der Waals surface area contributed by atoms with Crippen molar-refractivity contribution in [3.05, 3.63) is 58.3 Å². The van der Waals surface area contributed by atoms with E-state index >= 15 is 0 Å². The summed E-state index contributed by atoms with van der Waals surface area (Å²) in [6, 6.07) is 3.59. The summed E-state index contributed by atoms with van der Waals surface area (Å²) in [5.41, 5.74) is 2.79. The fourth-order valence-electron chi connectivity index (χ4n) is 4.20. The Kier molecular flexibility index (Phi) is 5.61. The number of halogens is 1. The third kappa shape index (κ3) is 4.46. The van der Waals surface area contributed by atoms with E-state index in [1.165, 1.54) is 10.6 Å². The van der Waals surface area contributed by atoms with Gasteiger partial charge in [-0.2, -0.15) is 5.10 Å². The molecule has 1 saturated heterocycles. The molecule has 0 unspecified atom stereocenters. The van der Waals surface area contributed by atoms with E-state index in [-0.39, 0.29) is 35.5 Å². The predicted octanol–water partition coefficient (Wildman–Crippen LogP) is 3.47. The largest absolute Gasteiger partial charge is 0.344 e. The standard InChI is InChI=1S/C25H31ClN6O2/c1-7-22(33)32-12-15(13-32)28-24(34)23-14(2)27-21(31(23)6)9-8-19-16-10-17(25(3,4)5)18(26)11-20(16)30-29-19/h7,10-11,15H,1,8-9,12-13H2,2-6H3,(H,28,34)(H,29,30)/i9D2. The van der Waals surface area contributed by atoms with Gasteiger partial charge in [-0.05, 0) is 42.5 Å². The van der Waals surface area contributed by atoms with E-state index in [9.17, 15) is 9.59 Å². The molecule has 3 heterocycles. The van der Waals surface area contributed by atoms with E-state index in [4.69, 9.17) is 14.3 Å². The van der Waals surface area contributed by atoms with E-state index in [1.807, 2.05) is 6.07 Å². The van der Waals surface area contributed by atoms with Crippen LogP contribution in [0.3, 0.4) is 0 Å². The fourth-order valence-corrected chi connectivity index (χ4v) is 4.65. The molecule has 0 bridgehead atoms. The number of benzene rings is 1. The van der Waals surface area contributed by atoms with Crippen molar-refractivity contribution in [2.75, 3.05) is 13.1 Å². The van der Waals surface area contributed by atoms with E-state index in [0.717, 1.165) is 10.9 Å². The van der Waals surface area contributed by atoms with Gasteiger partial charge in [0.25, 0.3) is 5.91 Å². The highest BCUT2D eigenvalue weighted by atomic mass is 35.5. The third-order valence-corrected chi connectivity index (χ3v) is 6.45. The second-order valence-electron chi connectivity index (χ2n) is 9.70. The summed E-state index contributed by atoms with van der Waals surface area (Å²) in [5.74, 6) is -0.373. The molecule has 4 rings (SSSR count). The van der Waals surface area contributed by atoms with Crippen LogP contribution in [0.15, 0.2) is 24.8 Å². The van der Waals surface area contributed by atoms with Crippen molar-refractivity contribution < 1.29 is 12.3 Å². The third-order valence-electron chi connectivity index (χ3n) is 6.14. The van der Waals surface area contributed by atoms with Crippen molar-refractivity contribution in [3.8, 4) is 0 Å². The number of rotatable bonds is 6. The Balaban J connectivity index is 1.57. The average Bonchev–Trinajstić information content (AvgIpc) is 3.27. The summed E-state index contributed by atoms with van der Waals surface area (Å²) >= 11 is 6.48. The average molecular weight is 485 g/mol. The lowest BCUT2D eigenvalue weighted by atomic mass is 9.86. The Morgan fingerprint density at radius 1 is 1.38 bits per heavy atom. The minimum absolute atomic E-state index is 0.0126. The Morgan fingerprint density at radius 2 is 2.09 bits per heavy atom.